The number of para-hydroxylation sites is 1. The zero-order valence-electron chi connectivity index (χ0n) is 11.8. The highest BCUT2D eigenvalue weighted by Gasteiger charge is 2.27. The minimum absolute atomic E-state index is 0.0277. The molecule has 102 valence electrons. The first kappa shape index (κ1) is 12.5. The van der Waals surface area contributed by atoms with Crippen LogP contribution in [0.4, 0.5) is 0 Å². The minimum Gasteiger partial charge on any atom is -0.305 e. The summed E-state index contributed by atoms with van der Waals surface area (Å²) >= 11 is 0. The third-order valence-corrected chi connectivity index (χ3v) is 4.25. The lowest BCUT2D eigenvalue weighted by Gasteiger charge is -2.20. The van der Waals surface area contributed by atoms with Crippen molar-refractivity contribution in [1.82, 2.24) is 14.5 Å². The van der Waals surface area contributed by atoms with E-state index in [-0.39, 0.29) is 5.69 Å². The van der Waals surface area contributed by atoms with E-state index in [2.05, 4.69) is 23.7 Å². The van der Waals surface area contributed by atoms with Gasteiger partial charge in [-0.2, -0.15) is 0 Å². The molecule has 1 N–H and O–H groups in total. The molecule has 19 heavy (non-hydrogen) atoms. The number of imidazole rings is 1. The average molecular weight is 259 g/mol. The Morgan fingerprint density at radius 2 is 2.16 bits per heavy atom. The van der Waals surface area contributed by atoms with Crippen molar-refractivity contribution in [1.29, 1.82) is 0 Å². The molecule has 0 bridgehead atoms. The maximum atomic E-state index is 12.2. The van der Waals surface area contributed by atoms with Crippen LogP contribution in [0.1, 0.15) is 31.9 Å². The summed E-state index contributed by atoms with van der Waals surface area (Å²) in [6.07, 6.45) is 1.05. The smallest absolute Gasteiger partial charge is 0.305 e. The first-order chi connectivity index (χ1) is 9.08. The molecule has 1 atom stereocenters. The van der Waals surface area contributed by atoms with Gasteiger partial charge in [0.2, 0.25) is 0 Å². The van der Waals surface area contributed by atoms with Crippen molar-refractivity contribution < 1.29 is 0 Å². The quantitative estimate of drug-likeness (QED) is 0.899. The monoisotopic (exact) mass is 259 g/mol. The van der Waals surface area contributed by atoms with Crippen LogP contribution in [0, 0.1) is 6.92 Å². The highest BCUT2D eigenvalue weighted by molar-refractivity contribution is 5.78. The second kappa shape index (κ2) is 4.53. The van der Waals surface area contributed by atoms with Gasteiger partial charge in [0, 0.05) is 19.1 Å². The van der Waals surface area contributed by atoms with E-state index in [1.165, 1.54) is 0 Å². The summed E-state index contributed by atoms with van der Waals surface area (Å²) in [4.78, 5) is 17.7. The fourth-order valence-corrected chi connectivity index (χ4v) is 3.10. The van der Waals surface area contributed by atoms with Crippen molar-refractivity contribution in [3.8, 4) is 0 Å². The van der Waals surface area contributed by atoms with E-state index in [1.54, 1.807) is 0 Å². The average Bonchev–Trinajstić information content (AvgIpc) is 2.93. The van der Waals surface area contributed by atoms with Crippen molar-refractivity contribution in [3.63, 3.8) is 0 Å². The van der Waals surface area contributed by atoms with Gasteiger partial charge < -0.3 is 4.98 Å². The van der Waals surface area contributed by atoms with Crippen LogP contribution in [0.15, 0.2) is 23.0 Å². The molecule has 1 fully saturated rings. The number of fused-ring (bicyclic) bond motifs is 1. The number of hydrogen-bond acceptors (Lipinski definition) is 2. The Bertz CT molecular complexity index is 653. The molecule has 0 spiro atoms. The summed E-state index contributed by atoms with van der Waals surface area (Å²) in [7, 11) is 0. The van der Waals surface area contributed by atoms with E-state index < -0.39 is 0 Å². The molecule has 1 saturated heterocycles. The maximum absolute atomic E-state index is 12.2. The largest absolute Gasteiger partial charge is 0.326 e. The standard InChI is InChI=1S/C15H21N3O/c1-10(2)17-8-7-12(9-17)18-13-6-4-5-11(3)14(13)16-15(18)19/h4-6,10,12H,7-9H2,1-3H3,(H,16,19). The molecule has 4 nitrogen and oxygen atoms in total. The number of H-pyrrole nitrogens is 1. The Balaban J connectivity index is 2.04. The Morgan fingerprint density at radius 1 is 1.37 bits per heavy atom. The Morgan fingerprint density at radius 3 is 2.84 bits per heavy atom. The van der Waals surface area contributed by atoms with Crippen LogP contribution in [-0.4, -0.2) is 33.6 Å². The summed E-state index contributed by atoms with van der Waals surface area (Å²) in [5.74, 6) is 0. The fourth-order valence-electron chi connectivity index (χ4n) is 3.10. The van der Waals surface area contributed by atoms with Gasteiger partial charge in [-0.25, -0.2) is 4.79 Å². The fraction of sp³-hybridized carbons (Fsp3) is 0.533. The van der Waals surface area contributed by atoms with Crippen LogP contribution in [0.5, 0.6) is 0 Å². The van der Waals surface area contributed by atoms with Gasteiger partial charge in [-0.3, -0.25) is 9.47 Å². The number of aryl methyl sites for hydroxylation is 1. The molecule has 1 aliphatic heterocycles. The highest BCUT2D eigenvalue weighted by atomic mass is 16.1. The van der Waals surface area contributed by atoms with Gasteiger partial charge in [0.25, 0.3) is 0 Å². The molecule has 0 amide bonds. The second-order valence-corrected chi connectivity index (χ2v) is 5.80. The molecule has 0 radical (unpaired) electrons. The topological polar surface area (TPSA) is 41.0 Å². The van der Waals surface area contributed by atoms with Gasteiger partial charge in [-0.05, 0) is 38.8 Å². The number of aromatic nitrogens is 2. The zero-order valence-corrected chi connectivity index (χ0v) is 11.8. The number of nitrogens with one attached hydrogen (secondary N) is 1. The first-order valence-electron chi connectivity index (χ1n) is 7.02. The third kappa shape index (κ3) is 2.00. The number of aromatic amines is 1. The lowest BCUT2D eigenvalue weighted by molar-refractivity contribution is 0.265. The van der Waals surface area contributed by atoms with Gasteiger partial charge in [0.05, 0.1) is 17.1 Å². The number of nitrogens with zero attached hydrogens (tertiary/aromatic N) is 2. The molecule has 4 heteroatoms. The molecule has 0 aliphatic carbocycles. The van der Waals surface area contributed by atoms with Crippen molar-refractivity contribution in [2.45, 2.75) is 39.3 Å². The number of rotatable bonds is 2. The second-order valence-electron chi connectivity index (χ2n) is 5.80. The normalized spacial score (nSPS) is 20.7. The molecule has 2 heterocycles. The van der Waals surface area contributed by atoms with E-state index in [9.17, 15) is 4.79 Å². The predicted octanol–water partition coefficient (Wildman–Crippen LogP) is 2.29. The van der Waals surface area contributed by atoms with Gasteiger partial charge in [0.15, 0.2) is 0 Å². The third-order valence-electron chi connectivity index (χ3n) is 4.25. The molecule has 0 saturated carbocycles. The molecule has 1 unspecified atom stereocenters. The van der Waals surface area contributed by atoms with Crippen LogP contribution < -0.4 is 5.69 Å². The van der Waals surface area contributed by atoms with Crippen LogP contribution in [0.2, 0.25) is 0 Å². The number of benzene rings is 1. The van der Waals surface area contributed by atoms with Gasteiger partial charge >= 0.3 is 5.69 Å². The van der Waals surface area contributed by atoms with Gasteiger partial charge in [-0.1, -0.05) is 12.1 Å². The summed E-state index contributed by atoms with van der Waals surface area (Å²) < 4.78 is 1.95. The lowest BCUT2D eigenvalue weighted by Crippen LogP contribution is -2.30. The summed E-state index contributed by atoms with van der Waals surface area (Å²) in [6, 6.07) is 6.95. The van der Waals surface area contributed by atoms with Crippen LogP contribution in [-0.2, 0) is 0 Å². The Labute approximate surface area is 113 Å². The molecular formula is C15H21N3O. The lowest BCUT2D eigenvalue weighted by atomic mass is 10.2. The molecule has 1 aromatic carbocycles. The Kier molecular flexibility index (Phi) is 2.97. The van der Waals surface area contributed by atoms with E-state index in [4.69, 9.17) is 0 Å². The molecule has 3 rings (SSSR count). The molecule has 1 aromatic heterocycles. The zero-order chi connectivity index (χ0) is 13.6. The van der Waals surface area contributed by atoms with Crippen molar-refractivity contribution in [2.24, 2.45) is 0 Å². The van der Waals surface area contributed by atoms with Crippen LogP contribution in [0.3, 0.4) is 0 Å². The van der Waals surface area contributed by atoms with E-state index in [0.717, 1.165) is 36.1 Å². The van der Waals surface area contributed by atoms with Crippen molar-refractivity contribution >= 4 is 11.0 Å². The van der Waals surface area contributed by atoms with E-state index in [1.807, 2.05) is 29.7 Å². The minimum atomic E-state index is 0.0277. The van der Waals surface area contributed by atoms with Gasteiger partial charge in [0.1, 0.15) is 0 Å². The summed E-state index contributed by atoms with van der Waals surface area (Å²) in [6.45, 7) is 8.51. The van der Waals surface area contributed by atoms with Crippen molar-refractivity contribution in [3.05, 3.63) is 34.2 Å². The van der Waals surface area contributed by atoms with E-state index >= 15 is 0 Å². The number of likely N-dealkylation sites (tertiary alicyclic amines) is 1. The van der Waals surface area contributed by atoms with Gasteiger partial charge in [-0.15, -0.1) is 0 Å². The SMILES string of the molecule is Cc1cccc2c1[nH]c(=O)n2C1CCN(C(C)C)C1. The number of hydrogen-bond donors (Lipinski definition) is 1. The van der Waals surface area contributed by atoms with Crippen LogP contribution in [0.25, 0.3) is 11.0 Å². The van der Waals surface area contributed by atoms with E-state index in [0.29, 0.717) is 12.1 Å². The molecule has 1 aliphatic rings. The summed E-state index contributed by atoms with van der Waals surface area (Å²) in [5.41, 5.74) is 3.18. The van der Waals surface area contributed by atoms with Crippen molar-refractivity contribution in [2.75, 3.05) is 13.1 Å². The molecule has 2 aromatic rings. The molecular weight excluding hydrogens is 238 g/mol. The summed E-state index contributed by atoms with van der Waals surface area (Å²) in [5, 5.41) is 0. The van der Waals surface area contributed by atoms with Crippen LogP contribution >= 0.6 is 0 Å². The first-order valence-corrected chi connectivity index (χ1v) is 7.02. The maximum Gasteiger partial charge on any atom is 0.326 e. The Hall–Kier alpha value is -1.55. The predicted molar refractivity (Wildman–Crippen MR) is 77.7 cm³/mol. The highest BCUT2D eigenvalue weighted by Crippen LogP contribution is 2.26.